The van der Waals surface area contributed by atoms with Crippen LogP contribution >= 0.6 is 0 Å². The van der Waals surface area contributed by atoms with Crippen LogP contribution in [0.15, 0.2) is 24.3 Å². The average Bonchev–Trinajstić information content (AvgIpc) is 2.33. The molecule has 1 rings (SSSR count). The molecule has 1 unspecified atom stereocenters. The van der Waals surface area contributed by atoms with Gasteiger partial charge in [-0.2, -0.15) is 0 Å². The van der Waals surface area contributed by atoms with Gasteiger partial charge in [0.25, 0.3) is 0 Å². The van der Waals surface area contributed by atoms with E-state index in [4.69, 9.17) is 6.42 Å². The molecule has 0 spiro atoms. The second-order valence-corrected chi connectivity index (χ2v) is 5.79. The lowest BCUT2D eigenvalue weighted by Crippen LogP contribution is -2.22. The Morgan fingerprint density at radius 3 is 2.28 bits per heavy atom. The van der Waals surface area contributed by atoms with Gasteiger partial charge in [-0.25, -0.2) is 0 Å². The minimum absolute atomic E-state index is 0.205. The van der Waals surface area contributed by atoms with Crippen molar-refractivity contribution in [2.24, 2.45) is 0 Å². The van der Waals surface area contributed by atoms with Crippen molar-refractivity contribution in [3.05, 3.63) is 35.4 Å². The third-order valence-corrected chi connectivity index (χ3v) is 3.14. The highest BCUT2D eigenvalue weighted by molar-refractivity contribution is 5.29. The summed E-state index contributed by atoms with van der Waals surface area (Å²) in [6.07, 6.45) is 7.32. The van der Waals surface area contributed by atoms with Crippen molar-refractivity contribution in [3.63, 3.8) is 0 Å². The van der Waals surface area contributed by atoms with Gasteiger partial charge in [0.05, 0.1) is 0 Å². The van der Waals surface area contributed by atoms with Crippen molar-refractivity contribution in [2.75, 3.05) is 6.54 Å². The molecule has 0 saturated carbocycles. The van der Waals surface area contributed by atoms with Crippen LogP contribution in [0.5, 0.6) is 0 Å². The molecule has 0 aromatic heterocycles. The van der Waals surface area contributed by atoms with E-state index in [2.05, 4.69) is 63.2 Å². The van der Waals surface area contributed by atoms with Crippen LogP contribution in [0.3, 0.4) is 0 Å². The lowest BCUT2D eigenvalue weighted by Gasteiger charge is -2.21. The summed E-state index contributed by atoms with van der Waals surface area (Å²) in [6.45, 7) is 9.87. The number of rotatable bonds is 5. The van der Waals surface area contributed by atoms with Crippen LogP contribution in [0.4, 0.5) is 0 Å². The number of hydrogen-bond donors (Lipinski definition) is 1. The standard InChI is InChI=1S/C17H25N/c1-6-8-16(18-13-7-2)14-9-11-15(12-10-14)17(3,4)5/h1,9-12,16,18H,7-8,13H2,2-5H3. The van der Waals surface area contributed by atoms with Crippen LogP contribution in [-0.4, -0.2) is 6.54 Å². The van der Waals surface area contributed by atoms with Crippen molar-refractivity contribution < 1.29 is 0 Å². The average molecular weight is 243 g/mol. The predicted molar refractivity (Wildman–Crippen MR) is 79.6 cm³/mol. The topological polar surface area (TPSA) is 12.0 Å². The van der Waals surface area contributed by atoms with E-state index in [1.807, 2.05) is 0 Å². The molecule has 1 aromatic rings. The Balaban J connectivity index is 2.84. The van der Waals surface area contributed by atoms with E-state index in [0.29, 0.717) is 0 Å². The van der Waals surface area contributed by atoms with Gasteiger partial charge in [-0.15, -0.1) is 12.3 Å². The van der Waals surface area contributed by atoms with Gasteiger partial charge in [-0.05, 0) is 29.5 Å². The first kappa shape index (κ1) is 14.8. The molecule has 1 heteroatoms. The van der Waals surface area contributed by atoms with Gasteiger partial charge in [0.2, 0.25) is 0 Å². The summed E-state index contributed by atoms with van der Waals surface area (Å²) < 4.78 is 0. The molecule has 0 bridgehead atoms. The zero-order valence-corrected chi connectivity index (χ0v) is 12.1. The molecule has 1 N–H and O–H groups in total. The quantitative estimate of drug-likeness (QED) is 0.769. The molecule has 0 heterocycles. The van der Waals surface area contributed by atoms with Crippen LogP contribution in [0.25, 0.3) is 0 Å². The number of terminal acetylenes is 1. The summed E-state index contributed by atoms with van der Waals surface area (Å²) in [4.78, 5) is 0. The van der Waals surface area contributed by atoms with Gasteiger partial charge < -0.3 is 5.32 Å². The third kappa shape index (κ3) is 4.20. The molecule has 0 aliphatic carbocycles. The van der Waals surface area contributed by atoms with Crippen molar-refractivity contribution in [2.45, 2.75) is 52.0 Å². The van der Waals surface area contributed by atoms with E-state index in [1.54, 1.807) is 0 Å². The Bertz CT molecular complexity index is 389. The van der Waals surface area contributed by atoms with E-state index >= 15 is 0 Å². The maximum atomic E-state index is 5.45. The Hall–Kier alpha value is -1.26. The van der Waals surface area contributed by atoms with Crippen molar-refractivity contribution in [3.8, 4) is 12.3 Å². The maximum Gasteiger partial charge on any atom is 0.0430 e. The normalized spacial score (nSPS) is 13.1. The van der Waals surface area contributed by atoms with E-state index in [-0.39, 0.29) is 11.5 Å². The van der Waals surface area contributed by atoms with Gasteiger partial charge in [-0.3, -0.25) is 0 Å². The van der Waals surface area contributed by atoms with E-state index < -0.39 is 0 Å². The highest BCUT2D eigenvalue weighted by atomic mass is 14.9. The zero-order valence-electron chi connectivity index (χ0n) is 12.1. The fraction of sp³-hybridized carbons (Fsp3) is 0.529. The van der Waals surface area contributed by atoms with Crippen LogP contribution in [0.2, 0.25) is 0 Å². The summed E-state index contributed by atoms with van der Waals surface area (Å²) in [6, 6.07) is 9.11. The number of nitrogens with one attached hydrogen (secondary N) is 1. The monoisotopic (exact) mass is 243 g/mol. The lowest BCUT2D eigenvalue weighted by atomic mass is 9.86. The molecule has 1 aromatic carbocycles. The van der Waals surface area contributed by atoms with Gasteiger partial charge in [0.1, 0.15) is 0 Å². The Morgan fingerprint density at radius 2 is 1.83 bits per heavy atom. The molecular formula is C17H25N. The van der Waals surface area contributed by atoms with Gasteiger partial charge in [0.15, 0.2) is 0 Å². The first-order chi connectivity index (χ1) is 8.49. The van der Waals surface area contributed by atoms with Gasteiger partial charge in [0, 0.05) is 12.5 Å². The second-order valence-electron chi connectivity index (χ2n) is 5.79. The molecule has 1 nitrogen and oxygen atoms in total. The first-order valence-corrected chi connectivity index (χ1v) is 6.76. The number of hydrogen-bond acceptors (Lipinski definition) is 1. The lowest BCUT2D eigenvalue weighted by molar-refractivity contribution is 0.541. The highest BCUT2D eigenvalue weighted by Crippen LogP contribution is 2.24. The largest absolute Gasteiger partial charge is 0.309 e. The van der Waals surface area contributed by atoms with Crippen LogP contribution in [-0.2, 0) is 5.41 Å². The molecular weight excluding hydrogens is 218 g/mol. The fourth-order valence-electron chi connectivity index (χ4n) is 1.96. The first-order valence-electron chi connectivity index (χ1n) is 6.76. The van der Waals surface area contributed by atoms with Gasteiger partial charge >= 0.3 is 0 Å². The zero-order chi connectivity index (χ0) is 13.6. The Labute approximate surface area is 112 Å². The number of benzene rings is 1. The summed E-state index contributed by atoms with van der Waals surface area (Å²) in [5.41, 5.74) is 2.85. The SMILES string of the molecule is C#CCC(NCCC)c1ccc(C(C)(C)C)cc1. The molecule has 18 heavy (non-hydrogen) atoms. The highest BCUT2D eigenvalue weighted by Gasteiger charge is 2.14. The Kier molecular flexibility index (Phi) is 5.44. The summed E-state index contributed by atoms with van der Waals surface area (Å²) in [7, 11) is 0. The van der Waals surface area contributed by atoms with Gasteiger partial charge in [-0.1, -0.05) is 52.0 Å². The van der Waals surface area contributed by atoms with E-state index in [0.717, 1.165) is 19.4 Å². The molecule has 0 aliphatic heterocycles. The predicted octanol–water partition coefficient (Wildman–Crippen LogP) is 4.05. The van der Waals surface area contributed by atoms with E-state index in [1.165, 1.54) is 11.1 Å². The Morgan fingerprint density at radius 1 is 1.22 bits per heavy atom. The summed E-state index contributed by atoms with van der Waals surface area (Å²) >= 11 is 0. The van der Waals surface area contributed by atoms with Crippen molar-refractivity contribution >= 4 is 0 Å². The molecule has 0 aliphatic rings. The molecule has 0 fully saturated rings. The molecule has 0 saturated heterocycles. The van der Waals surface area contributed by atoms with Crippen LogP contribution in [0.1, 0.15) is 57.7 Å². The van der Waals surface area contributed by atoms with Crippen LogP contribution in [0, 0.1) is 12.3 Å². The van der Waals surface area contributed by atoms with Crippen molar-refractivity contribution in [1.29, 1.82) is 0 Å². The minimum atomic E-state index is 0.205. The van der Waals surface area contributed by atoms with E-state index in [9.17, 15) is 0 Å². The summed E-state index contributed by atoms with van der Waals surface area (Å²) in [5, 5.41) is 3.50. The van der Waals surface area contributed by atoms with Crippen LogP contribution < -0.4 is 5.32 Å². The fourth-order valence-corrected chi connectivity index (χ4v) is 1.96. The molecule has 0 radical (unpaired) electrons. The molecule has 98 valence electrons. The summed E-state index contributed by atoms with van der Waals surface area (Å²) in [5.74, 6) is 2.76. The molecule has 1 atom stereocenters. The second kappa shape index (κ2) is 6.61. The molecule has 0 amide bonds. The maximum absolute atomic E-state index is 5.45. The minimum Gasteiger partial charge on any atom is -0.309 e. The van der Waals surface area contributed by atoms with Crippen molar-refractivity contribution in [1.82, 2.24) is 5.32 Å². The smallest absolute Gasteiger partial charge is 0.0430 e. The third-order valence-electron chi connectivity index (χ3n) is 3.14.